The Morgan fingerprint density at radius 2 is 2.31 bits per heavy atom. The highest BCUT2D eigenvalue weighted by Gasteiger charge is 2.27. The van der Waals surface area contributed by atoms with Crippen LogP contribution in [0, 0.1) is 0 Å². The summed E-state index contributed by atoms with van der Waals surface area (Å²) in [5.41, 5.74) is 2.91. The lowest BCUT2D eigenvalue weighted by atomic mass is 10.1. The van der Waals surface area contributed by atoms with Crippen LogP contribution in [-0.4, -0.2) is 10.9 Å². The van der Waals surface area contributed by atoms with Gasteiger partial charge in [-0.25, -0.2) is 0 Å². The highest BCUT2D eigenvalue weighted by atomic mass is 16.1. The summed E-state index contributed by atoms with van der Waals surface area (Å²) in [7, 11) is 0. The zero-order valence-corrected chi connectivity index (χ0v) is 7.21. The fraction of sp³-hybridized carbons (Fsp3) is 0.400. The van der Waals surface area contributed by atoms with E-state index in [2.05, 4.69) is 10.3 Å². The largest absolute Gasteiger partial charge is 0.346 e. The molecule has 1 amide bonds. The molecule has 1 fully saturated rings. The van der Waals surface area contributed by atoms with Gasteiger partial charge in [-0.2, -0.15) is 0 Å². The van der Waals surface area contributed by atoms with E-state index in [4.69, 9.17) is 0 Å². The Kier molecular flexibility index (Phi) is 1.26. The molecule has 0 unspecified atom stereocenters. The molecule has 2 aliphatic rings. The zero-order chi connectivity index (χ0) is 8.84. The van der Waals surface area contributed by atoms with Gasteiger partial charge in [0.05, 0.1) is 17.8 Å². The Morgan fingerprint density at radius 1 is 1.46 bits per heavy atom. The summed E-state index contributed by atoms with van der Waals surface area (Å²) >= 11 is 0. The Labute approximate surface area is 76.2 Å². The van der Waals surface area contributed by atoms with Crippen molar-refractivity contribution in [3.8, 4) is 0 Å². The maximum atomic E-state index is 11.3. The molecule has 1 N–H and O–H groups in total. The van der Waals surface area contributed by atoms with Crippen LogP contribution in [0.4, 0.5) is 0 Å². The average molecular weight is 174 g/mol. The van der Waals surface area contributed by atoms with Gasteiger partial charge in [-0.05, 0) is 30.4 Å². The molecule has 0 radical (unpaired) electrons. The van der Waals surface area contributed by atoms with Crippen molar-refractivity contribution in [1.29, 1.82) is 0 Å². The topological polar surface area (TPSA) is 42.0 Å². The van der Waals surface area contributed by atoms with Gasteiger partial charge >= 0.3 is 0 Å². The number of hydrogen-bond acceptors (Lipinski definition) is 2. The van der Waals surface area contributed by atoms with Crippen molar-refractivity contribution in [3.05, 3.63) is 29.1 Å². The van der Waals surface area contributed by atoms with E-state index in [0.717, 1.165) is 11.3 Å². The Hall–Kier alpha value is -1.38. The molecule has 0 saturated heterocycles. The van der Waals surface area contributed by atoms with Gasteiger partial charge in [0.25, 0.3) is 5.91 Å². The first-order chi connectivity index (χ1) is 6.34. The first-order valence-electron chi connectivity index (χ1n) is 4.61. The summed E-state index contributed by atoms with van der Waals surface area (Å²) < 4.78 is 0. The van der Waals surface area contributed by atoms with E-state index < -0.39 is 0 Å². The van der Waals surface area contributed by atoms with Gasteiger partial charge in [-0.1, -0.05) is 0 Å². The fourth-order valence-electron chi connectivity index (χ4n) is 1.75. The molecule has 1 saturated carbocycles. The van der Waals surface area contributed by atoms with Crippen LogP contribution in [-0.2, 0) is 6.54 Å². The number of fused-ring (bicyclic) bond motifs is 1. The Balaban J connectivity index is 2.09. The maximum Gasteiger partial charge on any atom is 0.253 e. The number of rotatable bonds is 1. The summed E-state index contributed by atoms with van der Waals surface area (Å²) in [5.74, 6) is 0.705. The minimum Gasteiger partial charge on any atom is -0.346 e. The molecule has 0 bridgehead atoms. The van der Waals surface area contributed by atoms with E-state index in [1.54, 1.807) is 0 Å². The molecule has 3 rings (SSSR count). The van der Waals surface area contributed by atoms with Crippen LogP contribution < -0.4 is 5.32 Å². The quantitative estimate of drug-likeness (QED) is 0.695. The van der Waals surface area contributed by atoms with Crippen molar-refractivity contribution >= 4 is 5.91 Å². The second kappa shape index (κ2) is 2.31. The Bertz CT molecular complexity index is 383. The fourth-order valence-corrected chi connectivity index (χ4v) is 1.75. The minimum atomic E-state index is 0.0324. The molecule has 3 nitrogen and oxygen atoms in total. The molecular formula is C10H10N2O. The van der Waals surface area contributed by atoms with Gasteiger partial charge in [0.2, 0.25) is 0 Å². The number of nitrogens with one attached hydrogen (secondary N) is 1. The van der Waals surface area contributed by atoms with Crippen molar-refractivity contribution in [2.75, 3.05) is 0 Å². The summed E-state index contributed by atoms with van der Waals surface area (Å²) in [4.78, 5) is 15.6. The third kappa shape index (κ3) is 1.03. The highest BCUT2D eigenvalue weighted by Crippen LogP contribution is 2.40. The van der Waals surface area contributed by atoms with Crippen molar-refractivity contribution in [3.63, 3.8) is 0 Å². The van der Waals surface area contributed by atoms with Crippen LogP contribution in [0.15, 0.2) is 12.3 Å². The molecule has 3 heteroatoms. The SMILES string of the molecule is O=C1NCc2ncc(C3CC3)cc21. The molecule has 1 aliphatic heterocycles. The molecule has 1 aromatic rings. The summed E-state index contributed by atoms with van der Waals surface area (Å²) in [5, 5.41) is 2.77. The van der Waals surface area contributed by atoms with Crippen LogP contribution in [0.25, 0.3) is 0 Å². The number of pyridine rings is 1. The standard InChI is InChI=1S/C10H10N2O/c13-10-8-3-7(6-1-2-6)4-11-9(8)5-12-10/h3-4,6H,1-2,5H2,(H,12,13). The molecule has 13 heavy (non-hydrogen) atoms. The number of carbonyl (C=O) groups is 1. The molecular weight excluding hydrogens is 164 g/mol. The molecule has 0 spiro atoms. The van der Waals surface area contributed by atoms with Crippen LogP contribution in [0.5, 0.6) is 0 Å². The lowest BCUT2D eigenvalue weighted by molar-refractivity contribution is 0.0965. The number of carbonyl (C=O) groups excluding carboxylic acids is 1. The number of aromatic nitrogens is 1. The van der Waals surface area contributed by atoms with Crippen molar-refractivity contribution in [1.82, 2.24) is 10.3 Å². The van der Waals surface area contributed by atoms with Gasteiger partial charge in [-0.15, -0.1) is 0 Å². The first-order valence-corrected chi connectivity index (χ1v) is 4.61. The van der Waals surface area contributed by atoms with Gasteiger partial charge in [0, 0.05) is 6.20 Å². The van der Waals surface area contributed by atoms with Crippen molar-refractivity contribution in [2.24, 2.45) is 0 Å². The molecule has 1 aromatic heterocycles. The predicted molar refractivity (Wildman–Crippen MR) is 47.4 cm³/mol. The molecule has 1 aliphatic carbocycles. The lowest BCUT2D eigenvalue weighted by Gasteiger charge is -1.99. The maximum absolute atomic E-state index is 11.3. The van der Waals surface area contributed by atoms with E-state index in [1.165, 1.54) is 18.4 Å². The third-order valence-corrected chi connectivity index (χ3v) is 2.70. The minimum absolute atomic E-state index is 0.0324. The molecule has 0 atom stereocenters. The zero-order valence-electron chi connectivity index (χ0n) is 7.21. The van der Waals surface area contributed by atoms with Gasteiger partial charge in [-0.3, -0.25) is 9.78 Å². The van der Waals surface area contributed by atoms with E-state index in [1.807, 2.05) is 12.3 Å². The van der Waals surface area contributed by atoms with Crippen molar-refractivity contribution < 1.29 is 4.79 Å². The van der Waals surface area contributed by atoms with E-state index in [0.29, 0.717) is 12.5 Å². The van der Waals surface area contributed by atoms with Gasteiger partial charge in [0.15, 0.2) is 0 Å². The normalized spacial score (nSPS) is 19.8. The van der Waals surface area contributed by atoms with Crippen LogP contribution in [0.3, 0.4) is 0 Å². The van der Waals surface area contributed by atoms with Crippen molar-refractivity contribution in [2.45, 2.75) is 25.3 Å². The second-order valence-electron chi connectivity index (χ2n) is 3.72. The Morgan fingerprint density at radius 3 is 3.08 bits per heavy atom. The smallest absolute Gasteiger partial charge is 0.253 e. The molecule has 0 aromatic carbocycles. The number of nitrogens with zero attached hydrogens (tertiary/aromatic N) is 1. The summed E-state index contributed by atoms with van der Waals surface area (Å²) in [6.45, 7) is 0.596. The monoisotopic (exact) mass is 174 g/mol. The van der Waals surface area contributed by atoms with Crippen LogP contribution in [0.1, 0.15) is 40.4 Å². The number of amides is 1. The van der Waals surface area contributed by atoms with Gasteiger partial charge < -0.3 is 5.32 Å². The highest BCUT2D eigenvalue weighted by molar-refractivity contribution is 5.97. The molecule has 66 valence electrons. The van der Waals surface area contributed by atoms with Crippen LogP contribution >= 0.6 is 0 Å². The summed E-state index contributed by atoms with van der Waals surface area (Å²) in [6.07, 6.45) is 4.42. The summed E-state index contributed by atoms with van der Waals surface area (Å²) in [6, 6.07) is 2.00. The predicted octanol–water partition coefficient (Wildman–Crippen LogP) is 1.20. The third-order valence-electron chi connectivity index (χ3n) is 2.70. The first kappa shape index (κ1) is 7.06. The van der Waals surface area contributed by atoms with E-state index in [9.17, 15) is 4.79 Å². The van der Waals surface area contributed by atoms with Crippen LogP contribution in [0.2, 0.25) is 0 Å². The van der Waals surface area contributed by atoms with E-state index >= 15 is 0 Å². The second-order valence-corrected chi connectivity index (χ2v) is 3.72. The molecule has 2 heterocycles. The van der Waals surface area contributed by atoms with Gasteiger partial charge in [0.1, 0.15) is 0 Å². The number of hydrogen-bond donors (Lipinski definition) is 1. The lowest BCUT2D eigenvalue weighted by Crippen LogP contribution is -2.12. The van der Waals surface area contributed by atoms with E-state index in [-0.39, 0.29) is 5.91 Å². The average Bonchev–Trinajstić information content (AvgIpc) is 2.93.